The summed E-state index contributed by atoms with van der Waals surface area (Å²) < 4.78 is 10.3. The number of carboxylic acids is 1. The number of methoxy groups -OCH3 is 1. The Morgan fingerprint density at radius 1 is 1.04 bits per heavy atom. The summed E-state index contributed by atoms with van der Waals surface area (Å²) in [6.07, 6.45) is 8.82. The molecule has 0 aliphatic carbocycles. The van der Waals surface area contributed by atoms with E-state index in [4.69, 9.17) is 14.6 Å². The van der Waals surface area contributed by atoms with E-state index >= 15 is 0 Å². The summed E-state index contributed by atoms with van der Waals surface area (Å²) in [6.45, 7) is 2.52. The number of esters is 1. The number of nitrogens with one attached hydrogen (secondary N) is 1. The molecule has 1 aromatic carbocycles. The zero-order valence-corrected chi connectivity index (χ0v) is 16.5. The number of rotatable bonds is 13. The molecule has 0 spiro atoms. The molecule has 1 rings (SSSR count). The van der Waals surface area contributed by atoms with Crippen LogP contribution >= 0.6 is 0 Å². The minimum atomic E-state index is -1.24. The third-order valence-corrected chi connectivity index (χ3v) is 4.05. The van der Waals surface area contributed by atoms with Crippen LogP contribution in [-0.4, -0.2) is 30.1 Å². The fraction of sp³-hybridized carbons (Fsp3) is 0.476. The van der Waals surface area contributed by atoms with Gasteiger partial charge in [-0.3, -0.25) is 4.79 Å². The third-order valence-electron chi connectivity index (χ3n) is 4.05. The average Bonchev–Trinajstić information content (AvgIpc) is 2.68. The molecule has 0 aromatic heterocycles. The van der Waals surface area contributed by atoms with Gasteiger partial charge in [0.2, 0.25) is 5.91 Å². The second-order valence-electron chi connectivity index (χ2n) is 6.37. The maximum Gasteiger partial charge on any atom is 0.336 e. The summed E-state index contributed by atoms with van der Waals surface area (Å²) in [4.78, 5) is 33.9. The molecule has 2 N–H and O–H groups in total. The van der Waals surface area contributed by atoms with Crippen molar-refractivity contribution >= 4 is 17.8 Å². The molecule has 0 bridgehead atoms. The number of carbonyl (C=O) groups is 3. The van der Waals surface area contributed by atoms with Gasteiger partial charge in [0, 0.05) is 25.1 Å². The Balaban J connectivity index is 2.47. The summed E-state index contributed by atoms with van der Waals surface area (Å²) in [7, 11) is 1.43. The molecule has 7 heteroatoms. The van der Waals surface area contributed by atoms with Gasteiger partial charge >= 0.3 is 11.9 Å². The first kappa shape index (κ1) is 23.2. The van der Waals surface area contributed by atoms with E-state index in [-0.39, 0.29) is 11.7 Å². The van der Waals surface area contributed by atoms with Gasteiger partial charge in [-0.05, 0) is 24.1 Å². The van der Waals surface area contributed by atoms with Crippen molar-refractivity contribution in [2.75, 3.05) is 7.11 Å². The van der Waals surface area contributed by atoms with E-state index < -0.39 is 11.9 Å². The van der Waals surface area contributed by atoms with Gasteiger partial charge in [-0.25, -0.2) is 9.59 Å². The maximum atomic E-state index is 11.9. The summed E-state index contributed by atoms with van der Waals surface area (Å²) in [5.74, 6) is -1.56. The molecule has 154 valence electrons. The van der Waals surface area contributed by atoms with Crippen molar-refractivity contribution in [2.24, 2.45) is 0 Å². The van der Waals surface area contributed by atoms with Gasteiger partial charge < -0.3 is 19.9 Å². The Morgan fingerprint density at radius 2 is 1.75 bits per heavy atom. The van der Waals surface area contributed by atoms with Crippen LogP contribution in [0.5, 0.6) is 11.5 Å². The van der Waals surface area contributed by atoms with Crippen molar-refractivity contribution < 1.29 is 29.0 Å². The van der Waals surface area contributed by atoms with Gasteiger partial charge in [0.25, 0.3) is 0 Å². The smallest absolute Gasteiger partial charge is 0.336 e. The number of amides is 1. The predicted octanol–water partition coefficient (Wildman–Crippen LogP) is 3.61. The van der Waals surface area contributed by atoms with Crippen LogP contribution in [0.3, 0.4) is 0 Å². The number of ether oxygens (including phenoxy) is 2. The summed E-state index contributed by atoms with van der Waals surface area (Å²) in [5.41, 5.74) is 0.800. The Hall–Kier alpha value is -2.83. The minimum absolute atomic E-state index is 0.00349. The van der Waals surface area contributed by atoms with Crippen LogP contribution in [0.4, 0.5) is 0 Å². The number of aliphatic carboxylic acids is 1. The molecule has 0 atom stereocenters. The first-order valence-corrected chi connectivity index (χ1v) is 9.52. The standard InChI is InChI=1S/C21H29NO6/c1-3-4-5-6-7-8-9-19(23)22-15-16-10-11-17(18(14-16)27-2)28-21(26)13-12-20(24)25/h10-14H,3-9,15H2,1-2H3,(H,22,23)(H,24,25)/b13-12+. The molecule has 0 fully saturated rings. The van der Waals surface area contributed by atoms with Crippen LogP contribution in [-0.2, 0) is 20.9 Å². The molecule has 7 nitrogen and oxygen atoms in total. The number of hydrogen-bond donors (Lipinski definition) is 2. The van der Waals surface area contributed by atoms with Gasteiger partial charge in [0.1, 0.15) is 0 Å². The first-order chi connectivity index (χ1) is 13.5. The molecule has 1 amide bonds. The van der Waals surface area contributed by atoms with E-state index in [0.29, 0.717) is 24.8 Å². The van der Waals surface area contributed by atoms with E-state index in [9.17, 15) is 14.4 Å². The van der Waals surface area contributed by atoms with Crippen molar-refractivity contribution in [1.29, 1.82) is 0 Å². The van der Waals surface area contributed by atoms with Crippen molar-refractivity contribution in [1.82, 2.24) is 5.32 Å². The van der Waals surface area contributed by atoms with Crippen LogP contribution in [0.2, 0.25) is 0 Å². The normalized spacial score (nSPS) is 10.6. The second-order valence-corrected chi connectivity index (χ2v) is 6.37. The lowest BCUT2D eigenvalue weighted by Gasteiger charge is -2.11. The monoisotopic (exact) mass is 391 g/mol. The second kappa shape index (κ2) is 13.4. The van der Waals surface area contributed by atoms with Gasteiger partial charge in [-0.1, -0.05) is 45.1 Å². The van der Waals surface area contributed by atoms with E-state index in [1.165, 1.54) is 32.8 Å². The van der Waals surface area contributed by atoms with Crippen LogP contribution < -0.4 is 14.8 Å². The number of carbonyl (C=O) groups excluding carboxylic acids is 2. The summed E-state index contributed by atoms with van der Waals surface area (Å²) in [5, 5.41) is 11.4. The largest absolute Gasteiger partial charge is 0.493 e. The van der Waals surface area contributed by atoms with Crippen molar-refractivity contribution in [3.63, 3.8) is 0 Å². The van der Waals surface area contributed by atoms with Crippen LogP contribution in [0.1, 0.15) is 57.4 Å². The zero-order chi connectivity index (χ0) is 20.8. The molecule has 0 aliphatic rings. The number of benzene rings is 1. The number of carboxylic acid groups (broad SMARTS) is 1. The van der Waals surface area contributed by atoms with Crippen molar-refractivity contribution in [2.45, 2.75) is 58.4 Å². The van der Waals surface area contributed by atoms with Gasteiger partial charge in [-0.15, -0.1) is 0 Å². The maximum absolute atomic E-state index is 11.9. The fourth-order valence-corrected chi connectivity index (χ4v) is 2.54. The highest BCUT2D eigenvalue weighted by Gasteiger charge is 2.10. The molecule has 0 saturated carbocycles. The average molecular weight is 391 g/mol. The SMILES string of the molecule is CCCCCCCCC(=O)NCc1ccc(OC(=O)/C=C/C(=O)O)c(OC)c1. The topological polar surface area (TPSA) is 102 Å². The highest BCUT2D eigenvalue weighted by molar-refractivity contribution is 5.91. The third kappa shape index (κ3) is 9.75. The van der Waals surface area contributed by atoms with Crippen molar-refractivity contribution in [3.8, 4) is 11.5 Å². The molecule has 0 saturated heterocycles. The summed E-state index contributed by atoms with van der Waals surface area (Å²) >= 11 is 0. The zero-order valence-electron chi connectivity index (χ0n) is 16.5. The van der Waals surface area contributed by atoms with Gasteiger partial charge in [0.05, 0.1) is 7.11 Å². The Morgan fingerprint density at radius 3 is 2.43 bits per heavy atom. The lowest BCUT2D eigenvalue weighted by Crippen LogP contribution is -2.22. The predicted molar refractivity (Wildman–Crippen MR) is 105 cm³/mol. The van der Waals surface area contributed by atoms with Gasteiger partial charge in [-0.2, -0.15) is 0 Å². The fourth-order valence-electron chi connectivity index (χ4n) is 2.54. The molecule has 0 aliphatic heterocycles. The Bertz CT molecular complexity index is 683. The highest BCUT2D eigenvalue weighted by atomic mass is 16.6. The van der Waals surface area contributed by atoms with E-state index in [1.54, 1.807) is 18.2 Å². The number of unbranched alkanes of at least 4 members (excludes halogenated alkanes) is 5. The van der Waals surface area contributed by atoms with Crippen LogP contribution in [0, 0.1) is 0 Å². The van der Waals surface area contributed by atoms with Crippen LogP contribution in [0.25, 0.3) is 0 Å². The molecule has 1 aromatic rings. The molecule has 0 unspecified atom stereocenters. The van der Waals surface area contributed by atoms with E-state index in [1.807, 2.05) is 0 Å². The molecular weight excluding hydrogens is 362 g/mol. The van der Waals surface area contributed by atoms with Gasteiger partial charge in [0.15, 0.2) is 11.5 Å². The molecule has 0 radical (unpaired) electrons. The van der Waals surface area contributed by atoms with Crippen molar-refractivity contribution in [3.05, 3.63) is 35.9 Å². The minimum Gasteiger partial charge on any atom is -0.493 e. The van der Waals surface area contributed by atoms with E-state index in [0.717, 1.165) is 24.5 Å². The molecule has 28 heavy (non-hydrogen) atoms. The summed E-state index contributed by atoms with van der Waals surface area (Å²) in [6, 6.07) is 4.91. The Kier molecular flexibility index (Phi) is 11.1. The van der Waals surface area contributed by atoms with E-state index in [2.05, 4.69) is 12.2 Å². The lowest BCUT2D eigenvalue weighted by molar-refractivity contribution is -0.133. The molecule has 0 heterocycles. The Labute approximate surface area is 165 Å². The number of hydrogen-bond acceptors (Lipinski definition) is 5. The quantitative estimate of drug-likeness (QED) is 0.230. The highest BCUT2D eigenvalue weighted by Crippen LogP contribution is 2.28. The molecular formula is C21H29NO6. The first-order valence-electron chi connectivity index (χ1n) is 9.52. The van der Waals surface area contributed by atoms with Crippen LogP contribution in [0.15, 0.2) is 30.4 Å². The lowest BCUT2D eigenvalue weighted by atomic mass is 10.1.